The average Bonchev–Trinajstić information content (AvgIpc) is 3.19. The molecule has 1 aliphatic heterocycles. The summed E-state index contributed by atoms with van der Waals surface area (Å²) in [5.74, 6) is 0.411. The summed E-state index contributed by atoms with van der Waals surface area (Å²) in [6.07, 6.45) is 0. The van der Waals surface area contributed by atoms with E-state index in [-0.39, 0.29) is 22.2 Å². The molecule has 0 radical (unpaired) electrons. The summed E-state index contributed by atoms with van der Waals surface area (Å²) in [6, 6.07) is 11.1. The third-order valence-electron chi connectivity index (χ3n) is 3.13. The van der Waals surface area contributed by atoms with Gasteiger partial charge in [0.2, 0.25) is 0 Å². The van der Waals surface area contributed by atoms with Gasteiger partial charge in [0, 0.05) is 5.75 Å². The van der Waals surface area contributed by atoms with E-state index in [9.17, 15) is 13.2 Å². The molecule has 0 atom stereocenters. The van der Waals surface area contributed by atoms with Gasteiger partial charge in [-0.25, -0.2) is 8.42 Å². The van der Waals surface area contributed by atoms with E-state index in [0.717, 1.165) is 5.75 Å². The van der Waals surface area contributed by atoms with Crippen LogP contribution in [0.5, 0.6) is 0 Å². The highest BCUT2D eigenvalue weighted by atomic mass is 32.2. The molecule has 6 nitrogen and oxygen atoms in total. The molecule has 23 heavy (non-hydrogen) atoms. The van der Waals surface area contributed by atoms with E-state index in [4.69, 9.17) is 4.42 Å². The van der Waals surface area contributed by atoms with Crippen LogP contribution in [0, 0.1) is 0 Å². The second kappa shape index (κ2) is 6.59. The minimum atomic E-state index is -3.50. The number of nitrogens with one attached hydrogen (secondary N) is 1. The number of carbonyl (C=O) groups is 1. The fraction of sp³-hybridized carbons (Fsp3) is 0.200. The summed E-state index contributed by atoms with van der Waals surface area (Å²) >= 11 is 1.46. The van der Waals surface area contributed by atoms with Crippen LogP contribution in [0.4, 0.5) is 0 Å². The van der Waals surface area contributed by atoms with Gasteiger partial charge in [-0.1, -0.05) is 30.0 Å². The van der Waals surface area contributed by atoms with Gasteiger partial charge in [-0.3, -0.25) is 15.1 Å². The fourth-order valence-corrected chi connectivity index (χ4v) is 4.04. The summed E-state index contributed by atoms with van der Waals surface area (Å²) < 4.78 is 29.9. The van der Waals surface area contributed by atoms with E-state index in [1.165, 1.54) is 36.0 Å². The predicted octanol–water partition coefficient (Wildman–Crippen LogP) is 2.09. The van der Waals surface area contributed by atoms with Crippen molar-refractivity contribution in [3.63, 3.8) is 0 Å². The first-order chi connectivity index (χ1) is 11.0. The highest BCUT2D eigenvalue weighted by Gasteiger charge is 2.20. The first-order valence-electron chi connectivity index (χ1n) is 6.90. The molecule has 0 spiro atoms. The second-order valence-corrected chi connectivity index (χ2v) is 7.90. The molecule has 0 fully saturated rings. The van der Waals surface area contributed by atoms with Crippen molar-refractivity contribution in [2.24, 2.45) is 4.99 Å². The van der Waals surface area contributed by atoms with Gasteiger partial charge in [0.25, 0.3) is 5.91 Å². The third-order valence-corrected chi connectivity index (χ3v) is 5.67. The Kier molecular flexibility index (Phi) is 4.53. The van der Waals surface area contributed by atoms with Gasteiger partial charge in [0.05, 0.1) is 11.4 Å². The molecule has 2 heterocycles. The van der Waals surface area contributed by atoms with Crippen molar-refractivity contribution in [1.82, 2.24) is 5.32 Å². The number of hydrogen-bond donors (Lipinski definition) is 1. The number of aliphatic imine (C=N–C) groups is 1. The number of rotatable bonds is 4. The normalized spacial score (nSPS) is 14.5. The lowest BCUT2D eigenvalue weighted by Crippen LogP contribution is -2.26. The number of amides is 1. The van der Waals surface area contributed by atoms with Gasteiger partial charge >= 0.3 is 0 Å². The highest BCUT2D eigenvalue weighted by Crippen LogP contribution is 2.18. The molecule has 0 unspecified atom stereocenters. The maximum atomic E-state index is 12.3. The molecule has 1 aromatic carbocycles. The molecular formula is C15H14N2O4S2. The maximum Gasteiger partial charge on any atom is 0.292 e. The van der Waals surface area contributed by atoms with Crippen molar-refractivity contribution in [1.29, 1.82) is 0 Å². The Balaban J connectivity index is 1.71. The molecule has 0 bridgehead atoms. The summed E-state index contributed by atoms with van der Waals surface area (Å²) in [6.45, 7) is 0.680. The van der Waals surface area contributed by atoms with Crippen LogP contribution in [0.25, 0.3) is 0 Å². The molecule has 1 aliphatic rings. The Hall–Kier alpha value is -2.06. The van der Waals surface area contributed by atoms with Gasteiger partial charge in [0.15, 0.2) is 20.8 Å². The zero-order valence-corrected chi connectivity index (χ0v) is 13.7. The van der Waals surface area contributed by atoms with Gasteiger partial charge < -0.3 is 4.42 Å². The number of benzene rings is 1. The molecule has 1 amide bonds. The predicted molar refractivity (Wildman–Crippen MR) is 88.3 cm³/mol. The molecule has 1 N–H and O–H groups in total. The van der Waals surface area contributed by atoms with Crippen molar-refractivity contribution in [3.05, 3.63) is 54.0 Å². The summed E-state index contributed by atoms with van der Waals surface area (Å²) in [5.41, 5.74) is 0. The minimum absolute atomic E-state index is 0.0680. The van der Waals surface area contributed by atoms with Crippen LogP contribution in [0.2, 0.25) is 0 Å². The molecule has 8 heteroatoms. The monoisotopic (exact) mass is 350 g/mol. The van der Waals surface area contributed by atoms with Gasteiger partial charge in [-0.2, -0.15) is 0 Å². The molecule has 0 saturated heterocycles. The second-order valence-electron chi connectivity index (χ2n) is 4.83. The van der Waals surface area contributed by atoms with Crippen LogP contribution < -0.4 is 5.32 Å². The lowest BCUT2D eigenvalue weighted by molar-refractivity contribution is 0.0949. The van der Waals surface area contributed by atoms with E-state index < -0.39 is 15.7 Å². The van der Waals surface area contributed by atoms with Crippen LogP contribution in [0.1, 0.15) is 16.3 Å². The zero-order valence-electron chi connectivity index (χ0n) is 12.1. The van der Waals surface area contributed by atoms with Crippen LogP contribution in [-0.4, -0.2) is 31.8 Å². The quantitative estimate of drug-likeness (QED) is 0.912. The maximum absolute atomic E-state index is 12.3. The Labute approximate surface area is 137 Å². The molecule has 0 aliphatic carbocycles. The first kappa shape index (κ1) is 15.8. The number of nitrogens with zero attached hydrogens (tertiary/aromatic N) is 1. The first-order valence-corrected chi connectivity index (χ1v) is 9.53. The van der Waals surface area contributed by atoms with Gasteiger partial charge in [-0.15, -0.1) is 0 Å². The molecule has 2 aromatic rings. The summed E-state index contributed by atoms with van der Waals surface area (Å²) in [7, 11) is -3.50. The molecule has 0 saturated carbocycles. The van der Waals surface area contributed by atoms with Crippen molar-refractivity contribution in [2.75, 3.05) is 12.3 Å². The Morgan fingerprint density at radius 2 is 2.00 bits per heavy atom. The van der Waals surface area contributed by atoms with Crippen LogP contribution >= 0.6 is 11.8 Å². The van der Waals surface area contributed by atoms with Crippen LogP contribution in [0.15, 0.2) is 56.8 Å². The fourth-order valence-electron chi connectivity index (χ4n) is 2.05. The van der Waals surface area contributed by atoms with Crippen LogP contribution in [0.3, 0.4) is 0 Å². The highest BCUT2D eigenvalue weighted by molar-refractivity contribution is 8.14. The molecule has 3 rings (SSSR count). The van der Waals surface area contributed by atoms with E-state index in [1.807, 2.05) is 0 Å². The number of carbonyl (C=O) groups excluding carboxylic acids is 1. The van der Waals surface area contributed by atoms with E-state index in [1.54, 1.807) is 18.2 Å². The number of amidine groups is 1. The zero-order chi connectivity index (χ0) is 16.3. The van der Waals surface area contributed by atoms with Crippen LogP contribution in [-0.2, 0) is 15.6 Å². The number of furan rings is 1. The van der Waals surface area contributed by atoms with Gasteiger partial charge in [-0.05, 0) is 24.3 Å². The summed E-state index contributed by atoms with van der Waals surface area (Å²) in [4.78, 5) is 16.3. The standard InChI is InChI=1S/C15H14N2O4S2/c18-14(17-15-16-8-9-22-15)13-7-6-11(21-13)10-23(19,20)12-4-2-1-3-5-12/h1-7H,8-10H2,(H,16,17,18). The lowest BCUT2D eigenvalue weighted by Gasteiger charge is -2.02. The van der Waals surface area contributed by atoms with E-state index in [0.29, 0.717) is 11.7 Å². The summed E-state index contributed by atoms with van der Waals surface area (Å²) in [5, 5.41) is 3.19. The van der Waals surface area contributed by atoms with E-state index in [2.05, 4.69) is 10.3 Å². The lowest BCUT2D eigenvalue weighted by atomic mass is 10.4. The smallest absolute Gasteiger partial charge is 0.292 e. The Morgan fingerprint density at radius 3 is 2.70 bits per heavy atom. The largest absolute Gasteiger partial charge is 0.455 e. The molecular weight excluding hydrogens is 336 g/mol. The number of thioether (sulfide) groups is 1. The van der Waals surface area contributed by atoms with Crippen molar-refractivity contribution in [3.8, 4) is 0 Å². The van der Waals surface area contributed by atoms with Gasteiger partial charge in [0.1, 0.15) is 11.5 Å². The van der Waals surface area contributed by atoms with Crippen molar-refractivity contribution < 1.29 is 17.6 Å². The average molecular weight is 350 g/mol. The third kappa shape index (κ3) is 3.83. The number of sulfone groups is 1. The molecule has 1 aromatic heterocycles. The molecule has 120 valence electrons. The topological polar surface area (TPSA) is 88.7 Å². The van der Waals surface area contributed by atoms with Crippen molar-refractivity contribution >= 4 is 32.7 Å². The SMILES string of the molecule is O=C(NC1=NCCS1)c1ccc(CS(=O)(=O)c2ccccc2)o1. The Morgan fingerprint density at radius 1 is 1.22 bits per heavy atom. The number of hydrogen-bond acceptors (Lipinski definition) is 6. The Bertz CT molecular complexity index is 841. The van der Waals surface area contributed by atoms with Crippen molar-refractivity contribution in [2.45, 2.75) is 10.6 Å². The van der Waals surface area contributed by atoms with E-state index >= 15 is 0 Å². The minimum Gasteiger partial charge on any atom is -0.455 e.